The van der Waals surface area contributed by atoms with Crippen LogP contribution in [-0.2, 0) is 26.9 Å². The van der Waals surface area contributed by atoms with Gasteiger partial charge in [-0.2, -0.15) is 5.06 Å². The van der Waals surface area contributed by atoms with Gasteiger partial charge in [0.2, 0.25) is 0 Å². The van der Waals surface area contributed by atoms with Gasteiger partial charge in [0.15, 0.2) is 0 Å². The van der Waals surface area contributed by atoms with Gasteiger partial charge in [0.1, 0.15) is 12.5 Å². The van der Waals surface area contributed by atoms with Crippen LogP contribution in [0.3, 0.4) is 0 Å². The van der Waals surface area contributed by atoms with Crippen LogP contribution in [0.25, 0.3) is 0 Å². The standard InChI is InChI=1S/C15H21NO7S/c1-2-22-16(10-23-24(19)20)8-13-6-5-12(15(17)18)7-14(13)21-9-11-3-4-11/h5-7,11H,2-4,8-10H2,1H3,(H,17,18)(H,19,20)/p-1. The largest absolute Gasteiger partial charge is 0.750 e. The van der Waals surface area contributed by atoms with E-state index in [1.54, 1.807) is 13.0 Å². The molecule has 24 heavy (non-hydrogen) atoms. The number of rotatable bonds is 11. The van der Waals surface area contributed by atoms with Gasteiger partial charge >= 0.3 is 5.97 Å². The Morgan fingerprint density at radius 2 is 2.21 bits per heavy atom. The van der Waals surface area contributed by atoms with Crippen LogP contribution in [0.5, 0.6) is 5.75 Å². The maximum atomic E-state index is 11.1. The van der Waals surface area contributed by atoms with E-state index in [9.17, 15) is 13.6 Å². The van der Waals surface area contributed by atoms with Gasteiger partial charge in [-0.1, -0.05) is 6.07 Å². The average molecular weight is 358 g/mol. The molecule has 9 heteroatoms. The van der Waals surface area contributed by atoms with Crippen LogP contribution in [-0.4, -0.2) is 44.8 Å². The SMILES string of the molecule is CCON(COS(=O)[O-])Cc1ccc(C(=O)O)cc1OCC1CC1. The Kier molecular flexibility index (Phi) is 7.13. The number of carbonyl (C=O) groups is 1. The van der Waals surface area contributed by atoms with Gasteiger partial charge < -0.3 is 14.4 Å². The number of aromatic carboxylic acids is 1. The summed E-state index contributed by atoms with van der Waals surface area (Å²) in [7, 11) is 0. The Labute approximate surface area is 142 Å². The molecule has 0 radical (unpaired) electrons. The lowest BCUT2D eigenvalue weighted by Crippen LogP contribution is -2.27. The number of benzene rings is 1. The highest BCUT2D eigenvalue weighted by Gasteiger charge is 2.23. The highest BCUT2D eigenvalue weighted by molar-refractivity contribution is 7.74. The summed E-state index contributed by atoms with van der Waals surface area (Å²) in [4.78, 5) is 16.5. The monoisotopic (exact) mass is 358 g/mol. The van der Waals surface area contributed by atoms with Crippen molar-refractivity contribution < 1.29 is 32.4 Å². The lowest BCUT2D eigenvalue weighted by atomic mass is 10.1. The molecule has 1 atom stereocenters. The van der Waals surface area contributed by atoms with E-state index in [0.717, 1.165) is 12.8 Å². The van der Waals surface area contributed by atoms with Crippen LogP contribution in [0.1, 0.15) is 35.7 Å². The summed E-state index contributed by atoms with van der Waals surface area (Å²) in [6, 6.07) is 4.57. The minimum atomic E-state index is -2.64. The summed E-state index contributed by atoms with van der Waals surface area (Å²) in [5, 5.41) is 10.5. The minimum Gasteiger partial charge on any atom is -0.750 e. The van der Waals surface area contributed by atoms with Crippen LogP contribution < -0.4 is 4.74 Å². The topological polar surface area (TPSA) is 108 Å². The molecule has 0 saturated heterocycles. The van der Waals surface area contributed by atoms with E-state index in [0.29, 0.717) is 30.4 Å². The van der Waals surface area contributed by atoms with Crippen molar-refractivity contribution in [3.8, 4) is 5.75 Å². The summed E-state index contributed by atoms with van der Waals surface area (Å²) in [5.41, 5.74) is 0.818. The molecule has 1 N–H and O–H groups in total. The first-order valence-electron chi connectivity index (χ1n) is 7.59. The molecular formula is C15H20NO7S-. The highest BCUT2D eigenvalue weighted by atomic mass is 32.2. The first-order valence-corrected chi connectivity index (χ1v) is 8.59. The molecule has 0 amide bonds. The third-order valence-corrected chi connectivity index (χ3v) is 3.73. The minimum absolute atomic E-state index is 0.129. The fourth-order valence-electron chi connectivity index (χ4n) is 2.05. The fraction of sp³-hybridized carbons (Fsp3) is 0.533. The van der Waals surface area contributed by atoms with Crippen molar-refractivity contribution in [2.24, 2.45) is 5.92 Å². The molecule has 1 aliphatic rings. The smallest absolute Gasteiger partial charge is 0.335 e. The summed E-state index contributed by atoms with van der Waals surface area (Å²) in [5.74, 6) is -0.0696. The number of hydrogen-bond acceptors (Lipinski definition) is 7. The Balaban J connectivity index is 2.11. The van der Waals surface area contributed by atoms with Crippen molar-refractivity contribution in [3.05, 3.63) is 29.3 Å². The van der Waals surface area contributed by atoms with Crippen LogP contribution in [0.4, 0.5) is 0 Å². The molecule has 1 unspecified atom stereocenters. The Hall–Kier alpha value is -1.52. The van der Waals surface area contributed by atoms with Crippen molar-refractivity contribution in [3.63, 3.8) is 0 Å². The van der Waals surface area contributed by atoms with Crippen molar-refractivity contribution in [2.75, 3.05) is 19.9 Å². The Bertz CT molecular complexity index is 591. The first kappa shape index (κ1) is 18.8. The Morgan fingerprint density at radius 3 is 2.79 bits per heavy atom. The van der Waals surface area contributed by atoms with Gasteiger partial charge in [-0.05, 0) is 37.8 Å². The van der Waals surface area contributed by atoms with Gasteiger partial charge in [0.25, 0.3) is 0 Å². The van der Waals surface area contributed by atoms with Crippen LogP contribution in [0.15, 0.2) is 18.2 Å². The molecule has 8 nitrogen and oxygen atoms in total. The van der Waals surface area contributed by atoms with Gasteiger partial charge in [0.05, 0.1) is 36.7 Å². The van der Waals surface area contributed by atoms with Crippen molar-refractivity contribution in [1.82, 2.24) is 5.06 Å². The predicted molar refractivity (Wildman–Crippen MR) is 83.7 cm³/mol. The quantitative estimate of drug-likeness (QED) is 0.362. The van der Waals surface area contributed by atoms with Crippen LogP contribution in [0, 0.1) is 5.92 Å². The van der Waals surface area contributed by atoms with E-state index >= 15 is 0 Å². The second-order valence-electron chi connectivity index (χ2n) is 5.39. The molecular weight excluding hydrogens is 338 g/mol. The van der Waals surface area contributed by atoms with Gasteiger partial charge in [-0.3, -0.25) is 9.02 Å². The maximum absolute atomic E-state index is 11.1. The molecule has 0 spiro atoms. The number of hydrogen-bond donors (Lipinski definition) is 1. The predicted octanol–water partition coefficient (Wildman–Crippen LogP) is 1.70. The molecule has 1 aromatic carbocycles. The number of nitrogens with zero attached hydrogens (tertiary/aromatic N) is 1. The molecule has 1 saturated carbocycles. The van der Waals surface area contributed by atoms with Crippen LogP contribution in [0.2, 0.25) is 0 Å². The number of hydroxylamine groups is 2. The number of carboxylic acid groups (broad SMARTS) is 1. The van der Waals surface area contributed by atoms with Crippen molar-refractivity contribution in [2.45, 2.75) is 26.3 Å². The Morgan fingerprint density at radius 1 is 1.46 bits per heavy atom. The molecule has 0 bridgehead atoms. The van der Waals surface area contributed by atoms with Crippen LogP contribution >= 0.6 is 0 Å². The number of carboxylic acids is 1. The second kappa shape index (κ2) is 9.09. The van der Waals surface area contributed by atoms with Crippen molar-refractivity contribution in [1.29, 1.82) is 0 Å². The number of ether oxygens (including phenoxy) is 1. The van der Waals surface area contributed by atoms with E-state index in [-0.39, 0.29) is 18.8 Å². The maximum Gasteiger partial charge on any atom is 0.335 e. The van der Waals surface area contributed by atoms with Gasteiger partial charge in [0, 0.05) is 5.56 Å². The molecule has 1 aromatic rings. The van der Waals surface area contributed by atoms with E-state index in [1.807, 2.05) is 0 Å². The molecule has 0 aromatic heterocycles. The molecule has 0 aliphatic heterocycles. The second-order valence-corrected chi connectivity index (χ2v) is 6.03. The molecule has 2 rings (SSSR count). The lowest BCUT2D eigenvalue weighted by molar-refractivity contribution is -0.193. The van der Waals surface area contributed by atoms with Crippen molar-refractivity contribution >= 4 is 17.3 Å². The molecule has 1 aliphatic carbocycles. The van der Waals surface area contributed by atoms with E-state index in [4.69, 9.17) is 14.7 Å². The van der Waals surface area contributed by atoms with Gasteiger partial charge in [-0.25, -0.2) is 9.00 Å². The van der Waals surface area contributed by atoms with E-state index in [2.05, 4.69) is 4.18 Å². The zero-order chi connectivity index (χ0) is 17.5. The normalized spacial score (nSPS) is 15.5. The highest BCUT2D eigenvalue weighted by Crippen LogP contribution is 2.31. The third-order valence-electron chi connectivity index (χ3n) is 3.44. The third kappa shape index (κ3) is 6.17. The molecule has 0 heterocycles. The lowest BCUT2D eigenvalue weighted by Gasteiger charge is -2.22. The van der Waals surface area contributed by atoms with Gasteiger partial charge in [-0.15, -0.1) is 0 Å². The zero-order valence-corrected chi connectivity index (χ0v) is 14.1. The summed E-state index contributed by atoms with van der Waals surface area (Å²) in [6.45, 7) is 2.56. The summed E-state index contributed by atoms with van der Waals surface area (Å²) >= 11 is -2.64. The zero-order valence-electron chi connectivity index (χ0n) is 13.3. The average Bonchev–Trinajstić information content (AvgIpc) is 3.35. The summed E-state index contributed by atoms with van der Waals surface area (Å²) in [6.07, 6.45) is 2.23. The van der Waals surface area contributed by atoms with E-state index in [1.165, 1.54) is 17.2 Å². The van der Waals surface area contributed by atoms with E-state index < -0.39 is 17.3 Å². The first-order chi connectivity index (χ1) is 11.5. The fourth-order valence-corrected chi connectivity index (χ4v) is 2.25. The molecule has 134 valence electrons. The molecule has 1 fully saturated rings. The summed E-state index contributed by atoms with van der Waals surface area (Å²) < 4.78 is 31.3.